The third-order valence-corrected chi connectivity index (χ3v) is 5.81. The fraction of sp³-hybridized carbons (Fsp3) is 0.0833. The van der Waals surface area contributed by atoms with Crippen molar-refractivity contribution in [1.29, 1.82) is 0 Å². The largest absolute Gasteiger partial charge is 0.497 e. The van der Waals surface area contributed by atoms with Gasteiger partial charge in [-0.15, -0.1) is 11.8 Å². The van der Waals surface area contributed by atoms with Crippen LogP contribution in [0.3, 0.4) is 0 Å². The molecule has 3 aromatic carbocycles. The van der Waals surface area contributed by atoms with E-state index >= 15 is 0 Å². The lowest BCUT2D eigenvalue weighted by Crippen LogP contribution is -2.31. The molecule has 0 saturated carbocycles. The first-order chi connectivity index (χ1) is 14.2. The number of rotatable bonds is 6. The van der Waals surface area contributed by atoms with E-state index in [1.165, 1.54) is 16.7 Å². The maximum absolute atomic E-state index is 13.3. The molecular weight excluding hydrogens is 382 g/mol. The molecule has 3 aromatic rings. The fourth-order valence-corrected chi connectivity index (χ4v) is 4.27. The predicted octanol–water partition coefficient (Wildman–Crippen LogP) is 4.91. The average Bonchev–Trinajstić information content (AvgIpc) is 3.03. The van der Waals surface area contributed by atoms with Crippen LogP contribution in [-0.4, -0.2) is 18.9 Å². The van der Waals surface area contributed by atoms with Gasteiger partial charge in [-0.25, -0.2) is 4.90 Å². The summed E-state index contributed by atoms with van der Waals surface area (Å²) in [7, 11) is 1.58. The maximum atomic E-state index is 13.3. The molecule has 0 saturated heterocycles. The van der Waals surface area contributed by atoms with Gasteiger partial charge < -0.3 is 4.74 Å². The number of hydrogen-bond acceptors (Lipinski definition) is 4. The van der Waals surface area contributed by atoms with E-state index < -0.39 is 0 Å². The zero-order valence-electron chi connectivity index (χ0n) is 15.9. The summed E-state index contributed by atoms with van der Waals surface area (Å²) in [6.07, 6.45) is 0. The SMILES string of the molecule is COc1ccc(N2C(=O)C(SCc3ccccc3)=C(c3ccccc3)C2=O)cc1. The number of carbonyl (C=O) groups is 2. The topological polar surface area (TPSA) is 46.6 Å². The highest BCUT2D eigenvalue weighted by molar-refractivity contribution is 8.03. The summed E-state index contributed by atoms with van der Waals surface area (Å²) in [4.78, 5) is 28.3. The molecule has 0 atom stereocenters. The molecule has 0 fully saturated rings. The van der Waals surface area contributed by atoms with Crippen LogP contribution in [0.15, 0.2) is 89.8 Å². The van der Waals surface area contributed by atoms with Crippen LogP contribution in [0.1, 0.15) is 11.1 Å². The number of benzene rings is 3. The van der Waals surface area contributed by atoms with Crippen molar-refractivity contribution in [3.8, 4) is 5.75 Å². The molecule has 4 rings (SSSR count). The van der Waals surface area contributed by atoms with Gasteiger partial charge in [0.25, 0.3) is 11.8 Å². The second-order valence-corrected chi connectivity index (χ2v) is 7.47. The van der Waals surface area contributed by atoms with Crippen molar-refractivity contribution in [3.05, 3.63) is 101 Å². The van der Waals surface area contributed by atoms with Crippen LogP contribution < -0.4 is 9.64 Å². The number of amides is 2. The first-order valence-electron chi connectivity index (χ1n) is 9.18. The average molecular weight is 401 g/mol. The number of nitrogens with zero attached hydrogens (tertiary/aromatic N) is 1. The van der Waals surface area contributed by atoms with E-state index in [-0.39, 0.29) is 11.8 Å². The Morgan fingerprint density at radius 1 is 0.793 bits per heavy atom. The molecule has 4 nitrogen and oxygen atoms in total. The van der Waals surface area contributed by atoms with Crippen molar-refractivity contribution in [3.63, 3.8) is 0 Å². The number of methoxy groups -OCH3 is 1. The van der Waals surface area contributed by atoms with Gasteiger partial charge in [0.1, 0.15) is 5.75 Å². The van der Waals surface area contributed by atoms with Gasteiger partial charge >= 0.3 is 0 Å². The number of ether oxygens (including phenoxy) is 1. The molecule has 5 heteroatoms. The van der Waals surface area contributed by atoms with Gasteiger partial charge in [-0.3, -0.25) is 9.59 Å². The van der Waals surface area contributed by atoms with Crippen molar-refractivity contribution in [2.24, 2.45) is 0 Å². The number of hydrogen-bond donors (Lipinski definition) is 0. The zero-order chi connectivity index (χ0) is 20.2. The smallest absolute Gasteiger partial charge is 0.272 e. The van der Waals surface area contributed by atoms with Gasteiger partial charge in [0.05, 0.1) is 23.3 Å². The fourth-order valence-electron chi connectivity index (χ4n) is 3.20. The number of imide groups is 1. The van der Waals surface area contributed by atoms with Crippen LogP contribution >= 0.6 is 11.8 Å². The predicted molar refractivity (Wildman–Crippen MR) is 117 cm³/mol. The molecule has 0 bridgehead atoms. The Kier molecular flexibility index (Phi) is 5.49. The molecule has 2 amide bonds. The van der Waals surface area contributed by atoms with E-state index in [4.69, 9.17) is 4.74 Å². The second kappa shape index (κ2) is 8.37. The molecule has 1 heterocycles. The number of carbonyl (C=O) groups excluding carboxylic acids is 2. The minimum Gasteiger partial charge on any atom is -0.497 e. The molecule has 0 aliphatic carbocycles. The monoisotopic (exact) mass is 401 g/mol. The van der Waals surface area contributed by atoms with Gasteiger partial charge in [0.2, 0.25) is 0 Å². The Hall–Kier alpha value is -3.31. The highest BCUT2D eigenvalue weighted by Crippen LogP contribution is 2.39. The Labute approximate surface area is 173 Å². The first-order valence-corrected chi connectivity index (χ1v) is 10.2. The summed E-state index contributed by atoms with van der Waals surface area (Å²) in [5.74, 6) is 0.687. The maximum Gasteiger partial charge on any atom is 0.272 e. The quantitative estimate of drug-likeness (QED) is 0.551. The van der Waals surface area contributed by atoms with E-state index in [0.717, 1.165) is 11.1 Å². The molecule has 0 unspecified atom stereocenters. The third-order valence-electron chi connectivity index (χ3n) is 4.66. The lowest BCUT2D eigenvalue weighted by Gasteiger charge is -2.15. The van der Waals surface area contributed by atoms with Crippen molar-refractivity contribution < 1.29 is 14.3 Å². The van der Waals surface area contributed by atoms with E-state index in [2.05, 4.69) is 0 Å². The molecule has 1 aliphatic rings. The van der Waals surface area contributed by atoms with Crippen LogP contribution in [0.25, 0.3) is 5.57 Å². The standard InChI is InChI=1S/C24H19NO3S/c1-28-20-14-12-19(13-15-20)25-23(26)21(18-10-6-3-7-11-18)22(24(25)27)29-16-17-8-4-2-5-9-17/h2-15H,16H2,1H3. The summed E-state index contributed by atoms with van der Waals surface area (Å²) >= 11 is 1.40. The molecule has 144 valence electrons. The molecule has 0 radical (unpaired) electrons. The van der Waals surface area contributed by atoms with E-state index in [9.17, 15) is 9.59 Å². The number of anilines is 1. The van der Waals surface area contributed by atoms with Crippen molar-refractivity contribution in [1.82, 2.24) is 0 Å². The van der Waals surface area contributed by atoms with Crippen LogP contribution in [0.4, 0.5) is 5.69 Å². The number of thioether (sulfide) groups is 1. The lowest BCUT2D eigenvalue weighted by atomic mass is 10.1. The van der Waals surface area contributed by atoms with Crippen LogP contribution in [-0.2, 0) is 15.3 Å². The first kappa shape index (κ1) is 19.0. The Morgan fingerprint density at radius 3 is 2.03 bits per heavy atom. The van der Waals surface area contributed by atoms with Gasteiger partial charge in [0.15, 0.2) is 0 Å². The van der Waals surface area contributed by atoms with Crippen LogP contribution in [0.5, 0.6) is 5.75 Å². The molecule has 1 aliphatic heterocycles. The highest BCUT2D eigenvalue weighted by Gasteiger charge is 2.40. The summed E-state index contributed by atoms with van der Waals surface area (Å²) in [5.41, 5.74) is 2.83. The summed E-state index contributed by atoms with van der Waals surface area (Å²) in [6.45, 7) is 0. The third kappa shape index (κ3) is 3.82. The van der Waals surface area contributed by atoms with Crippen LogP contribution in [0, 0.1) is 0 Å². The zero-order valence-corrected chi connectivity index (χ0v) is 16.7. The van der Waals surface area contributed by atoms with Gasteiger partial charge in [-0.1, -0.05) is 60.7 Å². The van der Waals surface area contributed by atoms with Crippen molar-refractivity contribution >= 4 is 34.8 Å². The molecule has 0 aromatic heterocycles. The Bertz CT molecular complexity index is 1060. The molecule has 29 heavy (non-hydrogen) atoms. The second-order valence-electron chi connectivity index (χ2n) is 6.49. The van der Waals surface area contributed by atoms with Gasteiger partial charge in [-0.05, 0) is 35.4 Å². The van der Waals surface area contributed by atoms with Gasteiger partial charge in [-0.2, -0.15) is 0 Å². The van der Waals surface area contributed by atoms with E-state index in [1.54, 1.807) is 31.4 Å². The van der Waals surface area contributed by atoms with Crippen LogP contribution in [0.2, 0.25) is 0 Å². The lowest BCUT2D eigenvalue weighted by molar-refractivity contribution is -0.119. The Balaban J connectivity index is 1.71. The highest BCUT2D eigenvalue weighted by atomic mass is 32.2. The minimum absolute atomic E-state index is 0.292. The van der Waals surface area contributed by atoms with Gasteiger partial charge in [0, 0.05) is 5.75 Å². The Morgan fingerprint density at radius 2 is 1.41 bits per heavy atom. The minimum atomic E-state index is -0.304. The normalized spacial score (nSPS) is 13.9. The van der Waals surface area contributed by atoms with E-state index in [1.807, 2.05) is 60.7 Å². The summed E-state index contributed by atoms with van der Waals surface area (Å²) in [6, 6.07) is 26.2. The molecule has 0 N–H and O–H groups in total. The molecule has 0 spiro atoms. The molecular formula is C24H19NO3S. The summed E-state index contributed by atoms with van der Waals surface area (Å²) < 4.78 is 5.18. The summed E-state index contributed by atoms with van der Waals surface area (Å²) in [5, 5.41) is 0. The van der Waals surface area contributed by atoms with E-state index in [0.29, 0.717) is 27.7 Å². The van der Waals surface area contributed by atoms with Crippen molar-refractivity contribution in [2.45, 2.75) is 5.75 Å². The van der Waals surface area contributed by atoms with Crippen molar-refractivity contribution in [2.75, 3.05) is 12.0 Å².